The minimum atomic E-state index is -0.977. The number of aromatic carboxylic acids is 1. The molecule has 0 aliphatic carbocycles. The molecule has 1 heterocycles. The fraction of sp³-hybridized carbons (Fsp3) is 0.391. The van der Waals surface area contributed by atoms with Gasteiger partial charge in [0.15, 0.2) is 0 Å². The number of fused-ring (bicyclic) bond motifs is 1. The van der Waals surface area contributed by atoms with Crippen molar-refractivity contribution >= 4 is 11.9 Å². The molecule has 154 valence electrons. The Kier molecular flexibility index (Phi) is 7.25. The van der Waals surface area contributed by atoms with Gasteiger partial charge in [0.25, 0.3) is 0 Å². The third-order valence-electron chi connectivity index (χ3n) is 5.00. The topological polar surface area (TPSA) is 78.9 Å². The van der Waals surface area contributed by atoms with Gasteiger partial charge in [-0.1, -0.05) is 35.9 Å². The number of ether oxygens (including phenoxy) is 1. The summed E-state index contributed by atoms with van der Waals surface area (Å²) in [5.41, 5.74) is 3.40. The van der Waals surface area contributed by atoms with Gasteiger partial charge in [0.1, 0.15) is 5.75 Å². The minimum absolute atomic E-state index is 0.000910. The number of benzene rings is 2. The molecule has 1 aliphatic rings. The molecule has 1 amide bonds. The molecule has 2 aromatic rings. The first-order valence-electron chi connectivity index (χ1n) is 10.0. The number of rotatable bonds is 3. The summed E-state index contributed by atoms with van der Waals surface area (Å²) in [6.07, 6.45) is 2.70. The van der Waals surface area contributed by atoms with Crippen molar-refractivity contribution in [1.82, 2.24) is 10.2 Å². The maximum atomic E-state index is 12.4. The van der Waals surface area contributed by atoms with E-state index in [9.17, 15) is 14.7 Å². The van der Waals surface area contributed by atoms with E-state index in [0.717, 1.165) is 30.4 Å². The van der Waals surface area contributed by atoms with Gasteiger partial charge in [-0.15, -0.1) is 0 Å². The number of nitrogens with one attached hydrogen (secondary N) is 1. The third kappa shape index (κ3) is 6.32. The first-order chi connectivity index (χ1) is 14.0. The Balaban J connectivity index is 1.87. The van der Waals surface area contributed by atoms with Crippen LogP contribution < -0.4 is 10.1 Å². The number of amides is 1. The molecule has 0 saturated carbocycles. The average Bonchev–Trinajstić information content (AvgIpc) is 2.70. The molecule has 2 N–H and O–H groups in total. The number of nitrogens with zero attached hydrogens (tertiary/aromatic N) is 1. The molecule has 0 saturated heterocycles. The van der Waals surface area contributed by atoms with Crippen molar-refractivity contribution in [2.24, 2.45) is 0 Å². The highest BCUT2D eigenvalue weighted by molar-refractivity contribution is 5.88. The number of hydrogen-bond donors (Lipinski definition) is 2. The molecular formula is C23H28N2O4. The monoisotopic (exact) mass is 396 g/mol. The second-order valence-corrected chi connectivity index (χ2v) is 7.52. The van der Waals surface area contributed by atoms with E-state index in [-0.39, 0.29) is 18.0 Å². The van der Waals surface area contributed by atoms with Crippen LogP contribution >= 0.6 is 0 Å². The molecule has 0 fully saturated rings. The van der Waals surface area contributed by atoms with E-state index in [4.69, 9.17) is 4.74 Å². The Morgan fingerprint density at radius 2 is 1.90 bits per heavy atom. The van der Waals surface area contributed by atoms with Crippen LogP contribution in [0.3, 0.4) is 0 Å². The Morgan fingerprint density at radius 1 is 1.10 bits per heavy atom. The predicted molar refractivity (Wildman–Crippen MR) is 111 cm³/mol. The lowest BCUT2D eigenvalue weighted by molar-refractivity contribution is -0.122. The van der Waals surface area contributed by atoms with E-state index in [1.54, 1.807) is 18.2 Å². The van der Waals surface area contributed by atoms with Crippen LogP contribution in [0.4, 0.5) is 0 Å². The van der Waals surface area contributed by atoms with E-state index in [2.05, 4.69) is 34.5 Å². The molecule has 29 heavy (non-hydrogen) atoms. The Hall–Kier alpha value is -2.86. The van der Waals surface area contributed by atoms with Crippen LogP contribution in [0, 0.1) is 6.92 Å². The largest absolute Gasteiger partial charge is 0.493 e. The molecule has 0 unspecified atom stereocenters. The van der Waals surface area contributed by atoms with Crippen LogP contribution in [0.25, 0.3) is 0 Å². The number of carboxylic acid groups (broad SMARTS) is 1. The quantitative estimate of drug-likeness (QED) is 0.832. The van der Waals surface area contributed by atoms with Crippen LogP contribution in [0.5, 0.6) is 5.75 Å². The molecule has 1 aliphatic heterocycles. The molecule has 6 nitrogen and oxygen atoms in total. The van der Waals surface area contributed by atoms with Gasteiger partial charge in [-0.05, 0) is 43.9 Å². The van der Waals surface area contributed by atoms with Crippen molar-refractivity contribution in [1.29, 1.82) is 0 Å². The average molecular weight is 396 g/mol. The number of carboxylic acids is 1. The van der Waals surface area contributed by atoms with Crippen LogP contribution in [-0.4, -0.2) is 41.6 Å². The highest BCUT2D eigenvalue weighted by atomic mass is 16.5. The second kappa shape index (κ2) is 10.1. The predicted octanol–water partition coefficient (Wildman–Crippen LogP) is 3.37. The van der Waals surface area contributed by atoms with E-state index in [1.807, 2.05) is 6.92 Å². The zero-order valence-electron chi connectivity index (χ0n) is 16.8. The molecule has 2 aromatic carbocycles. The maximum absolute atomic E-state index is 12.4. The SMILES string of the molecule is Cc1ccc(CN2CC(=O)NCCCCCOc3cc(C(=O)O)ccc3C2)cc1. The fourth-order valence-electron chi connectivity index (χ4n) is 3.39. The molecule has 0 spiro atoms. The lowest BCUT2D eigenvalue weighted by atomic mass is 10.1. The van der Waals surface area contributed by atoms with E-state index >= 15 is 0 Å². The Labute approximate surface area is 171 Å². The second-order valence-electron chi connectivity index (χ2n) is 7.52. The lowest BCUT2D eigenvalue weighted by Gasteiger charge is -2.23. The number of hydrogen-bond acceptors (Lipinski definition) is 4. The van der Waals surface area contributed by atoms with Crippen molar-refractivity contribution in [2.75, 3.05) is 19.7 Å². The van der Waals surface area contributed by atoms with Crippen molar-refractivity contribution in [3.8, 4) is 5.75 Å². The van der Waals surface area contributed by atoms with Crippen molar-refractivity contribution in [2.45, 2.75) is 39.3 Å². The summed E-state index contributed by atoms with van der Waals surface area (Å²) in [5.74, 6) is -0.394. The smallest absolute Gasteiger partial charge is 0.335 e. The van der Waals surface area contributed by atoms with Crippen LogP contribution in [0.2, 0.25) is 0 Å². The highest BCUT2D eigenvalue weighted by Crippen LogP contribution is 2.24. The van der Waals surface area contributed by atoms with Gasteiger partial charge >= 0.3 is 5.97 Å². The molecule has 0 radical (unpaired) electrons. The summed E-state index contributed by atoms with van der Waals surface area (Å²) in [5, 5.41) is 12.3. The molecule has 0 bridgehead atoms. The lowest BCUT2D eigenvalue weighted by Crippen LogP contribution is -2.37. The number of carbonyl (C=O) groups is 2. The molecule has 6 heteroatoms. The van der Waals surface area contributed by atoms with Gasteiger partial charge in [-0.3, -0.25) is 9.69 Å². The van der Waals surface area contributed by atoms with Gasteiger partial charge in [0, 0.05) is 25.2 Å². The van der Waals surface area contributed by atoms with E-state index in [0.29, 0.717) is 32.0 Å². The normalized spacial score (nSPS) is 16.4. The molecular weight excluding hydrogens is 368 g/mol. The first-order valence-corrected chi connectivity index (χ1v) is 10.0. The Bertz CT molecular complexity index is 848. The summed E-state index contributed by atoms with van der Waals surface area (Å²) in [7, 11) is 0. The standard InChI is InChI=1S/C23H28N2O4/c1-17-5-7-18(8-6-17)14-25-15-20-10-9-19(23(27)28)13-21(20)29-12-4-2-3-11-24-22(26)16-25/h5-10,13H,2-4,11-12,14-16H2,1H3,(H,24,26)(H,27,28). The zero-order valence-corrected chi connectivity index (χ0v) is 16.8. The number of carbonyl (C=O) groups excluding carboxylic acids is 1. The van der Waals surface area contributed by atoms with Crippen molar-refractivity contribution in [3.63, 3.8) is 0 Å². The van der Waals surface area contributed by atoms with Crippen LogP contribution in [0.15, 0.2) is 42.5 Å². The zero-order chi connectivity index (χ0) is 20.6. The van der Waals surface area contributed by atoms with E-state index in [1.165, 1.54) is 5.56 Å². The summed E-state index contributed by atoms with van der Waals surface area (Å²) in [6, 6.07) is 13.2. The summed E-state index contributed by atoms with van der Waals surface area (Å²) >= 11 is 0. The summed E-state index contributed by atoms with van der Waals surface area (Å²) in [4.78, 5) is 25.9. The fourth-order valence-corrected chi connectivity index (χ4v) is 3.39. The molecule has 0 atom stereocenters. The van der Waals surface area contributed by atoms with Gasteiger partial charge in [0.2, 0.25) is 5.91 Å². The van der Waals surface area contributed by atoms with Gasteiger partial charge in [0.05, 0.1) is 18.7 Å². The van der Waals surface area contributed by atoms with Crippen molar-refractivity contribution in [3.05, 3.63) is 64.7 Å². The van der Waals surface area contributed by atoms with Crippen molar-refractivity contribution < 1.29 is 19.4 Å². The summed E-state index contributed by atoms with van der Waals surface area (Å²) < 4.78 is 5.94. The highest BCUT2D eigenvalue weighted by Gasteiger charge is 2.17. The summed E-state index contributed by atoms with van der Waals surface area (Å²) in [6.45, 7) is 4.62. The van der Waals surface area contributed by atoms with E-state index < -0.39 is 5.97 Å². The first kappa shape index (κ1) is 20.9. The van der Waals surface area contributed by atoms with Gasteiger partial charge in [-0.2, -0.15) is 0 Å². The Morgan fingerprint density at radius 3 is 2.66 bits per heavy atom. The van der Waals surface area contributed by atoms with Crippen LogP contribution in [0.1, 0.15) is 46.3 Å². The van der Waals surface area contributed by atoms with Crippen LogP contribution in [-0.2, 0) is 17.9 Å². The molecule has 0 aromatic heterocycles. The third-order valence-corrected chi connectivity index (χ3v) is 5.00. The maximum Gasteiger partial charge on any atom is 0.335 e. The number of aryl methyl sites for hydroxylation is 1. The minimum Gasteiger partial charge on any atom is -0.493 e. The molecule has 3 rings (SSSR count). The van der Waals surface area contributed by atoms with Gasteiger partial charge < -0.3 is 15.2 Å². The van der Waals surface area contributed by atoms with Gasteiger partial charge in [-0.25, -0.2) is 4.79 Å².